The third kappa shape index (κ3) is 5.97. The van der Waals surface area contributed by atoms with Crippen molar-refractivity contribution in [2.24, 2.45) is 5.92 Å². The zero-order valence-corrected chi connectivity index (χ0v) is 22.5. The number of nitrogens with zero attached hydrogens (tertiary/aromatic N) is 2. The second-order valence-electron chi connectivity index (χ2n) is 11.2. The molecule has 0 spiro atoms. The van der Waals surface area contributed by atoms with Crippen molar-refractivity contribution in [3.05, 3.63) is 52.7 Å². The van der Waals surface area contributed by atoms with Crippen LogP contribution < -0.4 is 14.9 Å². The molecule has 8 heteroatoms. The number of carbonyl (C=O) groups excluding carboxylic acids is 1. The average molecular weight is 499 g/mol. The Morgan fingerprint density at radius 3 is 2.43 bits per heavy atom. The highest BCUT2D eigenvalue weighted by Crippen LogP contribution is 2.51. The second kappa shape index (κ2) is 9.45. The van der Waals surface area contributed by atoms with Gasteiger partial charge in [0.25, 0.3) is 0 Å². The molecule has 190 valence electrons. The number of aryl methyl sites for hydroxylation is 1. The van der Waals surface area contributed by atoms with Gasteiger partial charge < -0.3 is 10.2 Å². The molecule has 2 aromatic rings. The van der Waals surface area contributed by atoms with Crippen LogP contribution in [0.2, 0.25) is 0 Å². The molecule has 2 heterocycles. The number of carbonyl (C=O) groups is 1. The first-order chi connectivity index (χ1) is 16.3. The van der Waals surface area contributed by atoms with Crippen LogP contribution in [0, 0.1) is 12.8 Å². The van der Waals surface area contributed by atoms with Crippen molar-refractivity contribution in [2.45, 2.75) is 71.3 Å². The third-order valence-corrected chi connectivity index (χ3v) is 7.60. The van der Waals surface area contributed by atoms with E-state index in [2.05, 4.69) is 47.8 Å². The summed E-state index contributed by atoms with van der Waals surface area (Å²) in [6.07, 6.45) is 4.35. The Bertz CT molecular complexity index is 1210. The number of nitrogens with one attached hydrogen (secondary N) is 2. The van der Waals surface area contributed by atoms with Gasteiger partial charge >= 0.3 is 0 Å². The molecule has 35 heavy (non-hydrogen) atoms. The molecule has 4 rings (SSSR count). The maximum absolute atomic E-state index is 13.1. The average Bonchev–Trinajstić information content (AvgIpc) is 3.37. The highest BCUT2D eigenvalue weighted by Gasteiger charge is 2.46. The normalized spacial score (nSPS) is 21.0. The fourth-order valence-electron chi connectivity index (χ4n) is 4.85. The van der Waals surface area contributed by atoms with Crippen LogP contribution in [0.5, 0.6) is 0 Å². The SMILES string of the molecule is Cc1cc(C(C)NC(=O)C2CC2c2ccc(C(C)(C)C)nc2N2CCCC2)ccc1NS(C)(=O)=O. The minimum atomic E-state index is -3.34. The van der Waals surface area contributed by atoms with Crippen LogP contribution in [-0.2, 0) is 20.2 Å². The fraction of sp³-hybridized carbons (Fsp3) is 0.556. The lowest BCUT2D eigenvalue weighted by molar-refractivity contribution is -0.123. The van der Waals surface area contributed by atoms with Crippen molar-refractivity contribution in [1.29, 1.82) is 0 Å². The van der Waals surface area contributed by atoms with Gasteiger partial charge in [-0.2, -0.15) is 0 Å². The van der Waals surface area contributed by atoms with Crippen molar-refractivity contribution in [3.63, 3.8) is 0 Å². The molecule has 2 fully saturated rings. The van der Waals surface area contributed by atoms with Crippen molar-refractivity contribution in [2.75, 3.05) is 29.0 Å². The molecule has 1 amide bonds. The second-order valence-corrected chi connectivity index (χ2v) is 12.9. The van der Waals surface area contributed by atoms with Gasteiger partial charge in [0.05, 0.1) is 18.0 Å². The summed E-state index contributed by atoms with van der Waals surface area (Å²) in [6.45, 7) is 12.4. The summed E-state index contributed by atoms with van der Waals surface area (Å²) >= 11 is 0. The van der Waals surface area contributed by atoms with Crippen molar-refractivity contribution < 1.29 is 13.2 Å². The molecular weight excluding hydrogens is 460 g/mol. The van der Waals surface area contributed by atoms with Crippen LogP contribution >= 0.6 is 0 Å². The van der Waals surface area contributed by atoms with Crippen molar-refractivity contribution in [1.82, 2.24) is 10.3 Å². The standard InChI is InChI=1S/C27H38N4O3S/c1-17-15-19(9-11-23(17)30-35(6,33)34)18(2)28-26(32)22-16-21(22)20-10-12-24(27(3,4)5)29-25(20)31-13-7-8-14-31/h9-12,15,18,21-22,30H,7-8,13-14,16H2,1-6H3,(H,28,32). The van der Waals surface area contributed by atoms with Crippen LogP contribution in [0.3, 0.4) is 0 Å². The molecule has 0 radical (unpaired) electrons. The zero-order valence-electron chi connectivity index (χ0n) is 21.7. The lowest BCUT2D eigenvalue weighted by atomic mass is 9.91. The maximum atomic E-state index is 13.1. The molecule has 2 aliphatic rings. The van der Waals surface area contributed by atoms with Crippen LogP contribution in [0.1, 0.15) is 81.3 Å². The third-order valence-electron chi connectivity index (χ3n) is 7.01. The molecule has 1 aromatic carbocycles. The van der Waals surface area contributed by atoms with Crippen LogP contribution in [0.4, 0.5) is 11.5 Å². The minimum Gasteiger partial charge on any atom is -0.356 e. The summed E-state index contributed by atoms with van der Waals surface area (Å²) in [6, 6.07) is 9.67. The number of rotatable bonds is 7. The Labute approximate surface area is 209 Å². The maximum Gasteiger partial charge on any atom is 0.229 e. The van der Waals surface area contributed by atoms with E-state index in [0.717, 1.165) is 48.4 Å². The number of benzene rings is 1. The van der Waals surface area contributed by atoms with Gasteiger partial charge in [-0.25, -0.2) is 13.4 Å². The van der Waals surface area contributed by atoms with E-state index in [1.165, 1.54) is 18.4 Å². The number of hydrogen-bond donors (Lipinski definition) is 2. The lowest BCUT2D eigenvalue weighted by Gasteiger charge is -2.25. The highest BCUT2D eigenvalue weighted by atomic mass is 32.2. The van der Waals surface area contributed by atoms with Crippen molar-refractivity contribution >= 4 is 27.4 Å². The molecule has 0 bridgehead atoms. The molecule has 1 aliphatic carbocycles. The van der Waals surface area contributed by atoms with Gasteiger partial charge in [-0.05, 0) is 67.9 Å². The number of aromatic nitrogens is 1. The summed E-state index contributed by atoms with van der Waals surface area (Å²) in [4.78, 5) is 20.6. The quantitative estimate of drug-likeness (QED) is 0.580. The molecule has 1 saturated heterocycles. The first-order valence-corrected chi connectivity index (χ1v) is 14.4. The van der Waals surface area contributed by atoms with E-state index in [1.807, 2.05) is 26.0 Å². The molecule has 1 saturated carbocycles. The van der Waals surface area contributed by atoms with Crippen molar-refractivity contribution in [3.8, 4) is 0 Å². The topological polar surface area (TPSA) is 91.4 Å². The van der Waals surface area contributed by atoms with E-state index in [-0.39, 0.29) is 29.2 Å². The van der Waals surface area contributed by atoms with Crippen LogP contribution in [0.25, 0.3) is 0 Å². The molecule has 7 nitrogen and oxygen atoms in total. The molecule has 3 unspecified atom stereocenters. The Morgan fingerprint density at radius 2 is 1.83 bits per heavy atom. The lowest BCUT2D eigenvalue weighted by Crippen LogP contribution is -2.29. The molecular formula is C27H38N4O3S. The van der Waals surface area contributed by atoms with Gasteiger partial charge in [-0.1, -0.05) is 39.0 Å². The Hall–Kier alpha value is -2.61. The fourth-order valence-corrected chi connectivity index (χ4v) is 5.48. The predicted molar refractivity (Wildman–Crippen MR) is 141 cm³/mol. The highest BCUT2D eigenvalue weighted by molar-refractivity contribution is 7.92. The number of sulfonamides is 1. The molecule has 1 aliphatic heterocycles. The number of amides is 1. The Balaban J connectivity index is 1.46. The van der Waals surface area contributed by atoms with Gasteiger partial charge in [0.2, 0.25) is 15.9 Å². The minimum absolute atomic E-state index is 0.0206. The van der Waals surface area contributed by atoms with E-state index in [9.17, 15) is 13.2 Å². The monoisotopic (exact) mass is 498 g/mol. The summed E-state index contributed by atoms with van der Waals surface area (Å²) in [7, 11) is -3.34. The summed E-state index contributed by atoms with van der Waals surface area (Å²) in [5.41, 5.74) is 4.58. The smallest absolute Gasteiger partial charge is 0.229 e. The summed E-state index contributed by atoms with van der Waals surface area (Å²) < 4.78 is 25.6. The van der Waals surface area contributed by atoms with Gasteiger partial charge in [0, 0.05) is 30.1 Å². The molecule has 3 atom stereocenters. The zero-order chi connectivity index (χ0) is 25.5. The van der Waals surface area contributed by atoms with E-state index in [4.69, 9.17) is 4.98 Å². The summed E-state index contributed by atoms with van der Waals surface area (Å²) in [5.74, 6) is 1.27. The van der Waals surface area contributed by atoms with Gasteiger partial charge in [0.1, 0.15) is 5.82 Å². The number of hydrogen-bond acceptors (Lipinski definition) is 5. The van der Waals surface area contributed by atoms with Gasteiger partial charge in [-0.3, -0.25) is 9.52 Å². The number of pyridine rings is 1. The first-order valence-electron chi connectivity index (χ1n) is 12.5. The van der Waals surface area contributed by atoms with E-state index in [0.29, 0.717) is 5.69 Å². The Kier molecular flexibility index (Phi) is 6.88. The van der Waals surface area contributed by atoms with Gasteiger partial charge in [-0.15, -0.1) is 0 Å². The van der Waals surface area contributed by atoms with E-state index >= 15 is 0 Å². The Morgan fingerprint density at radius 1 is 1.14 bits per heavy atom. The van der Waals surface area contributed by atoms with Crippen LogP contribution in [0.15, 0.2) is 30.3 Å². The predicted octanol–water partition coefficient (Wildman–Crippen LogP) is 4.64. The summed E-state index contributed by atoms with van der Waals surface area (Å²) in [5, 5.41) is 3.17. The van der Waals surface area contributed by atoms with Crippen LogP contribution in [-0.4, -0.2) is 38.7 Å². The molecule has 1 aromatic heterocycles. The van der Waals surface area contributed by atoms with E-state index in [1.54, 1.807) is 6.07 Å². The largest absolute Gasteiger partial charge is 0.356 e. The number of anilines is 2. The molecule has 2 N–H and O–H groups in total. The van der Waals surface area contributed by atoms with Gasteiger partial charge in [0.15, 0.2) is 0 Å². The van der Waals surface area contributed by atoms with E-state index < -0.39 is 10.0 Å². The first kappa shape index (κ1) is 25.5.